The van der Waals surface area contributed by atoms with Crippen molar-refractivity contribution in [3.05, 3.63) is 45.4 Å². The van der Waals surface area contributed by atoms with Gasteiger partial charge in [0.2, 0.25) is 0 Å². The third-order valence-electron chi connectivity index (χ3n) is 4.09. The Bertz CT molecular complexity index is 814. The molecule has 25 heavy (non-hydrogen) atoms. The number of nitrogens with zero attached hydrogens (tertiary/aromatic N) is 1. The minimum atomic E-state index is -4.48. The second-order valence-corrected chi connectivity index (χ2v) is 7.54. The topological polar surface area (TPSA) is 51.2 Å². The number of halogens is 3. The molecule has 0 fully saturated rings. The highest BCUT2D eigenvalue weighted by atomic mass is 32.1. The van der Waals surface area contributed by atoms with Gasteiger partial charge in [-0.15, -0.1) is 11.3 Å². The maximum Gasteiger partial charge on any atom is 0.434 e. The quantitative estimate of drug-likeness (QED) is 0.875. The average molecular weight is 370 g/mol. The number of hydrogen-bond acceptors (Lipinski definition) is 4. The first-order valence-electron chi connectivity index (χ1n) is 7.69. The zero-order valence-electron chi connectivity index (χ0n) is 13.9. The average Bonchev–Trinajstić information content (AvgIpc) is 3.12. The molecule has 1 atom stereocenters. The molecular weight excluding hydrogens is 353 g/mol. The van der Waals surface area contributed by atoms with E-state index in [0.29, 0.717) is 12.2 Å². The molecule has 0 aliphatic carbocycles. The minimum Gasteiger partial charge on any atom is -0.492 e. The van der Waals surface area contributed by atoms with Crippen molar-refractivity contribution >= 4 is 17.2 Å². The van der Waals surface area contributed by atoms with Gasteiger partial charge in [-0.3, -0.25) is 4.79 Å². The van der Waals surface area contributed by atoms with E-state index < -0.39 is 17.9 Å². The van der Waals surface area contributed by atoms with Crippen LogP contribution in [0.25, 0.3) is 0 Å². The summed E-state index contributed by atoms with van der Waals surface area (Å²) < 4.78 is 43.5. The van der Waals surface area contributed by atoms with Gasteiger partial charge >= 0.3 is 6.18 Å². The molecule has 8 heteroatoms. The summed E-state index contributed by atoms with van der Waals surface area (Å²) >= 11 is 0.876. The van der Waals surface area contributed by atoms with Crippen LogP contribution in [0.2, 0.25) is 0 Å². The standard InChI is InChI=1S/C17H17F3N2O2S/c1-9(15-22-13(7-25-15)17(18,19)20)21-14(23)10-4-5-12-11(6-10)16(2,3)8-24-12/h4-7,9H,8H2,1-3H3,(H,21,23). The van der Waals surface area contributed by atoms with Crippen LogP contribution in [-0.4, -0.2) is 17.5 Å². The zero-order valence-corrected chi connectivity index (χ0v) is 14.7. The zero-order chi connectivity index (χ0) is 18.4. The van der Waals surface area contributed by atoms with Crippen LogP contribution in [0.1, 0.15) is 53.4 Å². The van der Waals surface area contributed by atoms with Crippen LogP contribution in [0.3, 0.4) is 0 Å². The van der Waals surface area contributed by atoms with Crippen LogP contribution in [0, 0.1) is 0 Å². The normalized spacial score (nSPS) is 16.9. The Morgan fingerprint density at radius 3 is 2.76 bits per heavy atom. The number of carbonyl (C=O) groups excluding carboxylic acids is 1. The van der Waals surface area contributed by atoms with Gasteiger partial charge in [-0.1, -0.05) is 13.8 Å². The van der Waals surface area contributed by atoms with Crippen LogP contribution >= 0.6 is 11.3 Å². The number of benzene rings is 1. The molecule has 1 aliphatic rings. The van der Waals surface area contributed by atoms with Gasteiger partial charge in [0, 0.05) is 21.9 Å². The second kappa shape index (κ2) is 6.01. The lowest BCUT2D eigenvalue weighted by Gasteiger charge is -2.16. The third kappa shape index (κ3) is 3.49. The Labute approximate surface area is 147 Å². The summed E-state index contributed by atoms with van der Waals surface area (Å²) in [6.07, 6.45) is -4.48. The lowest BCUT2D eigenvalue weighted by atomic mass is 9.86. The monoisotopic (exact) mass is 370 g/mol. The highest BCUT2D eigenvalue weighted by Gasteiger charge is 2.35. The molecule has 2 aromatic rings. The van der Waals surface area contributed by atoms with E-state index in [1.165, 1.54) is 0 Å². The lowest BCUT2D eigenvalue weighted by molar-refractivity contribution is -0.140. The second-order valence-electron chi connectivity index (χ2n) is 6.65. The largest absolute Gasteiger partial charge is 0.492 e. The van der Waals surface area contributed by atoms with Crippen molar-refractivity contribution in [3.63, 3.8) is 0 Å². The highest BCUT2D eigenvalue weighted by Crippen LogP contribution is 2.38. The van der Waals surface area contributed by atoms with E-state index in [2.05, 4.69) is 10.3 Å². The molecule has 0 saturated carbocycles. The molecule has 0 spiro atoms. The van der Waals surface area contributed by atoms with E-state index >= 15 is 0 Å². The van der Waals surface area contributed by atoms with Gasteiger partial charge in [0.05, 0.1) is 12.6 Å². The van der Waals surface area contributed by atoms with Crippen LogP contribution in [0.5, 0.6) is 5.75 Å². The van der Waals surface area contributed by atoms with E-state index in [0.717, 1.165) is 28.0 Å². The Morgan fingerprint density at radius 1 is 1.40 bits per heavy atom. The number of fused-ring (bicyclic) bond motifs is 1. The number of nitrogens with one attached hydrogen (secondary N) is 1. The van der Waals surface area contributed by atoms with Gasteiger partial charge in [-0.25, -0.2) is 4.98 Å². The molecule has 0 saturated heterocycles. The summed E-state index contributed by atoms with van der Waals surface area (Å²) in [5, 5.41) is 3.86. The summed E-state index contributed by atoms with van der Waals surface area (Å²) in [7, 11) is 0. The molecule has 1 aliphatic heterocycles. The smallest absolute Gasteiger partial charge is 0.434 e. The number of hydrogen-bond donors (Lipinski definition) is 1. The van der Waals surface area contributed by atoms with Crippen molar-refractivity contribution in [1.29, 1.82) is 0 Å². The van der Waals surface area contributed by atoms with E-state index in [-0.39, 0.29) is 16.3 Å². The predicted molar refractivity (Wildman–Crippen MR) is 88.0 cm³/mol. The molecule has 1 N–H and O–H groups in total. The predicted octanol–water partition coefficient (Wildman–Crippen LogP) is 4.32. The van der Waals surface area contributed by atoms with Gasteiger partial charge in [-0.2, -0.15) is 13.2 Å². The first kappa shape index (κ1) is 17.7. The Balaban J connectivity index is 1.75. The van der Waals surface area contributed by atoms with Gasteiger partial charge in [0.1, 0.15) is 10.8 Å². The van der Waals surface area contributed by atoms with E-state index in [1.807, 2.05) is 13.8 Å². The van der Waals surface area contributed by atoms with Crippen molar-refractivity contribution in [2.45, 2.75) is 38.4 Å². The molecule has 1 aromatic heterocycles. The number of amides is 1. The molecule has 0 radical (unpaired) electrons. The van der Waals surface area contributed by atoms with E-state index in [9.17, 15) is 18.0 Å². The fourth-order valence-electron chi connectivity index (χ4n) is 2.62. The molecule has 134 valence electrons. The summed E-state index contributed by atoms with van der Waals surface area (Å²) in [4.78, 5) is 16.0. The number of aromatic nitrogens is 1. The molecule has 3 rings (SSSR count). The Morgan fingerprint density at radius 2 is 2.12 bits per heavy atom. The Hall–Kier alpha value is -2.09. The molecule has 1 unspecified atom stereocenters. The van der Waals surface area contributed by atoms with E-state index in [1.54, 1.807) is 25.1 Å². The lowest BCUT2D eigenvalue weighted by Crippen LogP contribution is -2.27. The number of rotatable bonds is 3. The number of ether oxygens (including phenoxy) is 1. The summed E-state index contributed by atoms with van der Waals surface area (Å²) in [6.45, 7) is 6.20. The Kier molecular flexibility index (Phi) is 4.26. The van der Waals surface area contributed by atoms with Crippen LogP contribution in [-0.2, 0) is 11.6 Å². The van der Waals surface area contributed by atoms with E-state index in [4.69, 9.17) is 4.74 Å². The number of carbonyl (C=O) groups is 1. The number of alkyl halides is 3. The molecule has 1 aromatic carbocycles. The molecule has 4 nitrogen and oxygen atoms in total. The maximum atomic E-state index is 12.6. The van der Waals surface area contributed by atoms with Crippen LogP contribution < -0.4 is 10.1 Å². The third-order valence-corrected chi connectivity index (χ3v) is 5.12. The fourth-order valence-corrected chi connectivity index (χ4v) is 3.45. The van der Waals surface area contributed by atoms with Crippen LogP contribution in [0.15, 0.2) is 23.6 Å². The van der Waals surface area contributed by atoms with Gasteiger partial charge in [0.15, 0.2) is 5.69 Å². The van der Waals surface area contributed by atoms with Crippen molar-refractivity contribution in [2.75, 3.05) is 6.61 Å². The van der Waals surface area contributed by atoms with Crippen molar-refractivity contribution in [3.8, 4) is 5.75 Å². The van der Waals surface area contributed by atoms with Gasteiger partial charge in [-0.05, 0) is 25.1 Å². The van der Waals surface area contributed by atoms with Gasteiger partial charge < -0.3 is 10.1 Å². The molecule has 2 heterocycles. The molecule has 0 bridgehead atoms. The first-order valence-corrected chi connectivity index (χ1v) is 8.57. The summed E-state index contributed by atoms with van der Waals surface area (Å²) in [5.41, 5.74) is 0.261. The maximum absolute atomic E-state index is 12.6. The van der Waals surface area contributed by atoms with Crippen molar-refractivity contribution < 1.29 is 22.7 Å². The SMILES string of the molecule is CC(NC(=O)c1ccc2c(c1)C(C)(C)CO2)c1nc(C(F)(F)F)cs1. The highest BCUT2D eigenvalue weighted by molar-refractivity contribution is 7.09. The summed E-state index contributed by atoms with van der Waals surface area (Å²) in [5.74, 6) is 0.395. The van der Waals surface area contributed by atoms with Crippen molar-refractivity contribution in [2.24, 2.45) is 0 Å². The first-order chi connectivity index (χ1) is 11.6. The summed E-state index contributed by atoms with van der Waals surface area (Å²) in [6, 6.07) is 4.54. The van der Waals surface area contributed by atoms with Crippen LogP contribution in [0.4, 0.5) is 13.2 Å². The number of thiazole rings is 1. The molecular formula is C17H17F3N2O2S. The fraction of sp³-hybridized carbons (Fsp3) is 0.412. The minimum absolute atomic E-state index is 0.186. The van der Waals surface area contributed by atoms with Gasteiger partial charge in [0.25, 0.3) is 5.91 Å². The van der Waals surface area contributed by atoms with Crippen molar-refractivity contribution in [1.82, 2.24) is 10.3 Å². The molecule has 1 amide bonds.